The minimum absolute atomic E-state index is 0.179. The summed E-state index contributed by atoms with van der Waals surface area (Å²) in [7, 11) is 0. The van der Waals surface area contributed by atoms with E-state index in [4.69, 9.17) is 0 Å². The first kappa shape index (κ1) is 15.6. The van der Waals surface area contributed by atoms with Crippen molar-refractivity contribution >= 4 is 11.8 Å². The van der Waals surface area contributed by atoms with Crippen LogP contribution in [0.3, 0.4) is 0 Å². The topological polar surface area (TPSA) is 12.0 Å². The predicted octanol–water partition coefficient (Wildman–Crippen LogP) is 4.77. The molecule has 0 amide bonds. The molecule has 1 aromatic carbocycles. The van der Waals surface area contributed by atoms with Crippen LogP contribution in [0.2, 0.25) is 0 Å². The highest BCUT2D eigenvalue weighted by Gasteiger charge is 2.09. The molecule has 1 aromatic rings. The molecule has 1 unspecified atom stereocenters. The number of nitrogens with one attached hydrogen (secondary N) is 1. The third-order valence-corrected chi connectivity index (χ3v) is 4.41. The lowest BCUT2D eigenvalue weighted by Crippen LogP contribution is -2.35. The highest BCUT2D eigenvalue weighted by molar-refractivity contribution is 8.00. The third kappa shape index (κ3) is 5.45. The first-order chi connectivity index (χ1) is 8.31. The van der Waals surface area contributed by atoms with Crippen LogP contribution in [0.5, 0.6) is 0 Å². The van der Waals surface area contributed by atoms with E-state index in [2.05, 4.69) is 65.1 Å². The van der Waals surface area contributed by atoms with Crippen molar-refractivity contribution in [3.8, 4) is 0 Å². The van der Waals surface area contributed by atoms with Crippen LogP contribution in [0.15, 0.2) is 23.1 Å². The van der Waals surface area contributed by atoms with Gasteiger partial charge in [0.05, 0.1) is 0 Å². The SMILES string of the molecule is CCC(C)Sc1ccc(CNC(C)(C)C)cc1C. The van der Waals surface area contributed by atoms with Crippen molar-refractivity contribution in [2.24, 2.45) is 0 Å². The standard InChI is InChI=1S/C16H27NS/c1-7-13(3)18-15-9-8-14(10-12(15)2)11-17-16(4,5)6/h8-10,13,17H,7,11H2,1-6H3. The van der Waals surface area contributed by atoms with Crippen LogP contribution in [0, 0.1) is 6.92 Å². The summed E-state index contributed by atoms with van der Waals surface area (Å²) in [4.78, 5) is 1.42. The molecule has 102 valence electrons. The lowest BCUT2D eigenvalue weighted by Gasteiger charge is -2.21. The fraction of sp³-hybridized carbons (Fsp3) is 0.625. The van der Waals surface area contributed by atoms with E-state index >= 15 is 0 Å². The summed E-state index contributed by atoms with van der Waals surface area (Å²) in [5.74, 6) is 0. The Morgan fingerprint density at radius 2 is 1.94 bits per heavy atom. The van der Waals surface area contributed by atoms with Gasteiger partial charge in [0.25, 0.3) is 0 Å². The molecular weight excluding hydrogens is 238 g/mol. The molecule has 0 fully saturated rings. The molecular formula is C16H27NS. The number of rotatable bonds is 5. The van der Waals surface area contributed by atoms with Crippen molar-refractivity contribution < 1.29 is 0 Å². The van der Waals surface area contributed by atoms with Gasteiger partial charge in [-0.1, -0.05) is 26.0 Å². The lowest BCUT2D eigenvalue weighted by molar-refractivity contribution is 0.424. The zero-order chi connectivity index (χ0) is 13.8. The van der Waals surface area contributed by atoms with E-state index in [1.165, 1.54) is 22.4 Å². The molecule has 0 aliphatic heterocycles. The quantitative estimate of drug-likeness (QED) is 0.769. The molecule has 0 saturated carbocycles. The Kier molecular flexibility index (Phi) is 5.74. The maximum absolute atomic E-state index is 3.53. The second kappa shape index (κ2) is 6.63. The molecule has 1 N–H and O–H groups in total. The Labute approximate surface area is 117 Å². The maximum Gasteiger partial charge on any atom is 0.0210 e. The first-order valence-corrected chi connectivity index (χ1v) is 7.71. The van der Waals surface area contributed by atoms with Gasteiger partial charge >= 0.3 is 0 Å². The van der Waals surface area contributed by atoms with Crippen LogP contribution >= 0.6 is 11.8 Å². The molecule has 0 radical (unpaired) electrons. The number of benzene rings is 1. The predicted molar refractivity (Wildman–Crippen MR) is 83.4 cm³/mol. The Balaban J connectivity index is 2.67. The lowest BCUT2D eigenvalue weighted by atomic mass is 10.1. The largest absolute Gasteiger partial charge is 0.308 e. The summed E-state index contributed by atoms with van der Waals surface area (Å²) in [6, 6.07) is 6.83. The maximum atomic E-state index is 3.53. The molecule has 0 saturated heterocycles. The second-order valence-corrected chi connectivity index (χ2v) is 7.52. The van der Waals surface area contributed by atoms with Crippen LogP contribution in [0.25, 0.3) is 0 Å². The van der Waals surface area contributed by atoms with Crippen molar-refractivity contribution in [1.29, 1.82) is 0 Å². The Morgan fingerprint density at radius 1 is 1.28 bits per heavy atom. The van der Waals surface area contributed by atoms with Gasteiger partial charge in [0, 0.05) is 22.2 Å². The molecule has 2 heteroatoms. The molecule has 1 atom stereocenters. The van der Waals surface area contributed by atoms with Gasteiger partial charge in [-0.15, -0.1) is 11.8 Å². The van der Waals surface area contributed by atoms with Crippen molar-refractivity contribution in [3.63, 3.8) is 0 Å². The summed E-state index contributed by atoms with van der Waals surface area (Å²) in [5, 5.41) is 4.23. The van der Waals surface area contributed by atoms with Gasteiger partial charge in [-0.3, -0.25) is 0 Å². The summed E-state index contributed by atoms with van der Waals surface area (Å²) < 4.78 is 0. The van der Waals surface area contributed by atoms with Crippen LogP contribution in [0.4, 0.5) is 0 Å². The zero-order valence-electron chi connectivity index (χ0n) is 12.6. The van der Waals surface area contributed by atoms with E-state index in [1.807, 2.05) is 11.8 Å². The molecule has 1 rings (SSSR count). The number of hydrogen-bond acceptors (Lipinski definition) is 2. The Morgan fingerprint density at radius 3 is 2.44 bits per heavy atom. The molecule has 1 nitrogen and oxygen atoms in total. The summed E-state index contributed by atoms with van der Waals surface area (Å²) in [5.41, 5.74) is 2.95. The van der Waals surface area contributed by atoms with Crippen molar-refractivity contribution in [2.75, 3.05) is 0 Å². The number of hydrogen-bond donors (Lipinski definition) is 1. The van der Waals surface area contributed by atoms with Crippen LogP contribution in [-0.2, 0) is 6.54 Å². The number of aryl methyl sites for hydroxylation is 1. The third-order valence-electron chi connectivity index (χ3n) is 2.97. The summed E-state index contributed by atoms with van der Waals surface area (Å²) in [6.07, 6.45) is 1.22. The highest BCUT2D eigenvalue weighted by atomic mass is 32.2. The molecule has 0 aliphatic rings. The molecule has 18 heavy (non-hydrogen) atoms. The van der Waals surface area contributed by atoms with Gasteiger partial charge in [-0.25, -0.2) is 0 Å². The fourth-order valence-corrected chi connectivity index (χ4v) is 2.61. The van der Waals surface area contributed by atoms with E-state index < -0.39 is 0 Å². The van der Waals surface area contributed by atoms with Gasteiger partial charge in [-0.05, 0) is 51.3 Å². The summed E-state index contributed by atoms with van der Waals surface area (Å²) in [6.45, 7) is 14.3. The van der Waals surface area contributed by atoms with E-state index in [0.29, 0.717) is 5.25 Å². The second-order valence-electron chi connectivity index (χ2n) is 6.04. The fourth-order valence-electron chi connectivity index (χ4n) is 1.62. The van der Waals surface area contributed by atoms with Crippen molar-refractivity contribution in [1.82, 2.24) is 5.32 Å². The van der Waals surface area contributed by atoms with E-state index in [0.717, 1.165) is 6.54 Å². The molecule has 0 spiro atoms. The van der Waals surface area contributed by atoms with Crippen molar-refractivity contribution in [2.45, 2.75) is 70.2 Å². The van der Waals surface area contributed by atoms with Crippen LogP contribution < -0.4 is 5.32 Å². The minimum atomic E-state index is 0.179. The first-order valence-electron chi connectivity index (χ1n) is 6.83. The smallest absolute Gasteiger partial charge is 0.0210 e. The van der Waals surface area contributed by atoms with Gasteiger partial charge in [-0.2, -0.15) is 0 Å². The number of thioether (sulfide) groups is 1. The average Bonchev–Trinajstić information content (AvgIpc) is 2.28. The molecule has 0 aliphatic carbocycles. The zero-order valence-corrected chi connectivity index (χ0v) is 13.4. The highest BCUT2D eigenvalue weighted by Crippen LogP contribution is 2.28. The molecule has 0 bridgehead atoms. The van der Waals surface area contributed by atoms with Gasteiger partial charge < -0.3 is 5.32 Å². The summed E-state index contributed by atoms with van der Waals surface area (Å²) >= 11 is 1.98. The molecule has 0 heterocycles. The van der Waals surface area contributed by atoms with E-state index in [1.54, 1.807) is 0 Å². The average molecular weight is 265 g/mol. The normalized spacial score (nSPS) is 13.7. The van der Waals surface area contributed by atoms with Crippen LogP contribution in [0.1, 0.15) is 52.2 Å². The molecule has 0 aromatic heterocycles. The van der Waals surface area contributed by atoms with E-state index in [9.17, 15) is 0 Å². The van der Waals surface area contributed by atoms with Gasteiger partial charge in [0.2, 0.25) is 0 Å². The Hall–Kier alpha value is -0.470. The Bertz CT molecular complexity index is 379. The van der Waals surface area contributed by atoms with Crippen molar-refractivity contribution in [3.05, 3.63) is 29.3 Å². The minimum Gasteiger partial charge on any atom is -0.308 e. The van der Waals surface area contributed by atoms with Crippen LogP contribution in [-0.4, -0.2) is 10.8 Å². The van der Waals surface area contributed by atoms with E-state index in [-0.39, 0.29) is 5.54 Å². The van der Waals surface area contributed by atoms with Gasteiger partial charge in [0.1, 0.15) is 0 Å². The monoisotopic (exact) mass is 265 g/mol. The van der Waals surface area contributed by atoms with Gasteiger partial charge in [0.15, 0.2) is 0 Å².